The van der Waals surface area contributed by atoms with Gasteiger partial charge in [-0.3, -0.25) is 4.79 Å². The van der Waals surface area contributed by atoms with E-state index in [1.807, 2.05) is 6.07 Å². The summed E-state index contributed by atoms with van der Waals surface area (Å²) in [5, 5.41) is 13.5. The largest absolute Gasteiger partial charge is 0.480 e. The number of ether oxygens (including phenoxy) is 2. The maximum Gasteiger partial charge on any atom is 0.261 e. The van der Waals surface area contributed by atoms with Crippen LogP contribution < -0.4 is 10.1 Å². The maximum absolute atomic E-state index is 12.1. The third-order valence-corrected chi connectivity index (χ3v) is 3.90. The summed E-state index contributed by atoms with van der Waals surface area (Å²) in [6, 6.07) is 5.31. The van der Waals surface area contributed by atoms with Crippen molar-refractivity contribution in [3.05, 3.63) is 28.8 Å². The summed E-state index contributed by atoms with van der Waals surface area (Å²) >= 11 is 5.91. The molecule has 0 bridgehead atoms. The van der Waals surface area contributed by atoms with Gasteiger partial charge in [0.15, 0.2) is 6.10 Å². The number of hydrogen-bond donors (Lipinski definition) is 2. The van der Waals surface area contributed by atoms with E-state index in [1.54, 1.807) is 12.1 Å². The number of carbonyl (C=O) groups excluding carboxylic acids is 1. The van der Waals surface area contributed by atoms with E-state index in [2.05, 4.69) is 5.32 Å². The van der Waals surface area contributed by atoms with Crippen LogP contribution in [0.25, 0.3) is 0 Å². The summed E-state index contributed by atoms with van der Waals surface area (Å²) in [7, 11) is 0. The highest BCUT2D eigenvalue weighted by Crippen LogP contribution is 2.31. The first-order valence-corrected chi connectivity index (χ1v) is 6.96. The van der Waals surface area contributed by atoms with Gasteiger partial charge >= 0.3 is 0 Å². The Bertz CT molecular complexity index is 528. The van der Waals surface area contributed by atoms with Gasteiger partial charge < -0.3 is 19.9 Å². The zero-order chi connectivity index (χ0) is 14.2. The molecule has 1 fully saturated rings. The third-order valence-electron chi connectivity index (χ3n) is 3.66. The van der Waals surface area contributed by atoms with Gasteiger partial charge in [0.1, 0.15) is 11.4 Å². The van der Waals surface area contributed by atoms with Gasteiger partial charge in [0.25, 0.3) is 5.91 Å². The van der Waals surface area contributed by atoms with E-state index in [0.29, 0.717) is 30.2 Å². The minimum absolute atomic E-state index is 0.183. The fourth-order valence-electron chi connectivity index (χ4n) is 2.46. The molecule has 108 valence electrons. The first-order chi connectivity index (χ1) is 9.56. The number of hydrogen-bond acceptors (Lipinski definition) is 4. The van der Waals surface area contributed by atoms with E-state index in [0.717, 1.165) is 5.56 Å². The van der Waals surface area contributed by atoms with Gasteiger partial charge in [-0.15, -0.1) is 0 Å². The van der Waals surface area contributed by atoms with Crippen LogP contribution >= 0.6 is 11.6 Å². The molecule has 2 aliphatic rings. The van der Waals surface area contributed by atoms with Crippen molar-refractivity contribution in [1.29, 1.82) is 0 Å². The van der Waals surface area contributed by atoms with Crippen LogP contribution in [0, 0.1) is 0 Å². The Morgan fingerprint density at radius 1 is 1.55 bits per heavy atom. The smallest absolute Gasteiger partial charge is 0.261 e. The normalized spacial score (nSPS) is 28.0. The number of fused-ring (bicyclic) bond motifs is 1. The molecule has 0 spiro atoms. The summed E-state index contributed by atoms with van der Waals surface area (Å²) in [5.74, 6) is 0.468. The molecule has 0 saturated carbocycles. The van der Waals surface area contributed by atoms with Crippen LogP contribution in [0.4, 0.5) is 0 Å². The number of halogens is 1. The van der Waals surface area contributed by atoms with Crippen molar-refractivity contribution in [2.75, 3.05) is 19.8 Å². The van der Waals surface area contributed by atoms with Crippen molar-refractivity contribution in [2.45, 2.75) is 24.5 Å². The first kappa shape index (κ1) is 13.7. The van der Waals surface area contributed by atoms with Crippen molar-refractivity contribution in [3.63, 3.8) is 0 Å². The molecule has 6 heteroatoms. The first-order valence-electron chi connectivity index (χ1n) is 6.59. The molecule has 1 aromatic carbocycles. The topological polar surface area (TPSA) is 67.8 Å². The van der Waals surface area contributed by atoms with Crippen LogP contribution in [0.2, 0.25) is 5.02 Å². The SMILES string of the molecule is O=C(NCC1(O)CCOC1)C1Cc2cc(Cl)ccc2O1. The second-order valence-electron chi connectivity index (χ2n) is 5.31. The predicted octanol–water partition coefficient (Wildman–Crippen LogP) is 0.911. The van der Waals surface area contributed by atoms with Crippen molar-refractivity contribution in [3.8, 4) is 5.75 Å². The fourth-order valence-corrected chi connectivity index (χ4v) is 2.66. The Labute approximate surface area is 121 Å². The zero-order valence-electron chi connectivity index (χ0n) is 10.9. The Hall–Kier alpha value is -1.30. The van der Waals surface area contributed by atoms with Crippen molar-refractivity contribution >= 4 is 17.5 Å². The average molecular weight is 298 g/mol. The molecule has 1 aromatic rings. The van der Waals surface area contributed by atoms with Crippen LogP contribution in [0.5, 0.6) is 5.75 Å². The Kier molecular flexibility index (Phi) is 3.58. The Morgan fingerprint density at radius 2 is 2.40 bits per heavy atom. The van der Waals surface area contributed by atoms with E-state index in [1.165, 1.54) is 0 Å². The van der Waals surface area contributed by atoms with Crippen LogP contribution in [-0.2, 0) is 16.0 Å². The minimum Gasteiger partial charge on any atom is -0.480 e. The molecule has 2 aliphatic heterocycles. The van der Waals surface area contributed by atoms with E-state index >= 15 is 0 Å². The van der Waals surface area contributed by atoms with Gasteiger partial charge in [-0.25, -0.2) is 0 Å². The summed E-state index contributed by atoms with van der Waals surface area (Å²) in [6.07, 6.45) is 0.472. The summed E-state index contributed by atoms with van der Waals surface area (Å²) < 4.78 is 10.7. The lowest BCUT2D eigenvalue weighted by atomic mass is 10.0. The number of amides is 1. The fraction of sp³-hybridized carbons (Fsp3) is 0.500. The van der Waals surface area contributed by atoms with Crippen LogP contribution in [0.3, 0.4) is 0 Å². The molecule has 2 N–H and O–H groups in total. The van der Waals surface area contributed by atoms with E-state index in [9.17, 15) is 9.90 Å². The van der Waals surface area contributed by atoms with E-state index in [4.69, 9.17) is 21.1 Å². The highest BCUT2D eigenvalue weighted by molar-refractivity contribution is 6.30. The lowest BCUT2D eigenvalue weighted by Gasteiger charge is -2.21. The van der Waals surface area contributed by atoms with E-state index in [-0.39, 0.29) is 19.1 Å². The van der Waals surface area contributed by atoms with Gasteiger partial charge in [-0.2, -0.15) is 0 Å². The monoisotopic (exact) mass is 297 g/mol. The maximum atomic E-state index is 12.1. The predicted molar refractivity (Wildman–Crippen MR) is 73.0 cm³/mol. The molecule has 5 nitrogen and oxygen atoms in total. The quantitative estimate of drug-likeness (QED) is 0.870. The molecule has 3 rings (SSSR count). The summed E-state index contributed by atoms with van der Waals surface area (Å²) in [4.78, 5) is 12.1. The summed E-state index contributed by atoms with van der Waals surface area (Å²) in [6.45, 7) is 0.966. The number of rotatable bonds is 3. The number of nitrogens with one attached hydrogen (secondary N) is 1. The van der Waals surface area contributed by atoms with Gasteiger partial charge in [0, 0.05) is 31.0 Å². The number of carbonyl (C=O) groups is 1. The number of benzene rings is 1. The van der Waals surface area contributed by atoms with Gasteiger partial charge in [0.2, 0.25) is 0 Å². The molecular formula is C14H16ClNO4. The molecule has 0 radical (unpaired) electrons. The van der Waals surface area contributed by atoms with Crippen molar-refractivity contribution in [2.24, 2.45) is 0 Å². The number of aliphatic hydroxyl groups is 1. The van der Waals surface area contributed by atoms with Crippen molar-refractivity contribution < 1.29 is 19.4 Å². The molecular weight excluding hydrogens is 282 g/mol. The molecule has 0 aromatic heterocycles. The third kappa shape index (κ3) is 2.75. The standard InChI is InChI=1S/C14H16ClNO4/c15-10-1-2-11-9(5-10)6-12(20-11)13(17)16-7-14(18)3-4-19-8-14/h1-2,5,12,18H,3-4,6-8H2,(H,16,17). The van der Waals surface area contributed by atoms with Gasteiger partial charge in [0.05, 0.1) is 6.61 Å². The average Bonchev–Trinajstić information content (AvgIpc) is 3.02. The summed E-state index contributed by atoms with van der Waals surface area (Å²) in [5.41, 5.74) is -0.0229. The van der Waals surface area contributed by atoms with Gasteiger partial charge in [-0.05, 0) is 23.8 Å². The van der Waals surface area contributed by atoms with Crippen LogP contribution in [-0.4, -0.2) is 42.5 Å². The molecule has 2 atom stereocenters. The molecule has 0 aliphatic carbocycles. The van der Waals surface area contributed by atoms with Crippen LogP contribution in [0.15, 0.2) is 18.2 Å². The molecule has 1 saturated heterocycles. The zero-order valence-corrected chi connectivity index (χ0v) is 11.7. The van der Waals surface area contributed by atoms with Gasteiger partial charge in [-0.1, -0.05) is 11.6 Å². The van der Waals surface area contributed by atoms with Crippen molar-refractivity contribution in [1.82, 2.24) is 5.32 Å². The lowest BCUT2D eigenvalue weighted by molar-refractivity contribution is -0.128. The minimum atomic E-state index is -0.954. The molecule has 2 unspecified atom stereocenters. The highest BCUT2D eigenvalue weighted by atomic mass is 35.5. The Morgan fingerprint density at radius 3 is 3.15 bits per heavy atom. The Balaban J connectivity index is 1.57. The lowest BCUT2D eigenvalue weighted by Crippen LogP contribution is -2.47. The highest BCUT2D eigenvalue weighted by Gasteiger charge is 2.35. The second-order valence-corrected chi connectivity index (χ2v) is 5.74. The second kappa shape index (κ2) is 5.24. The van der Waals surface area contributed by atoms with E-state index < -0.39 is 11.7 Å². The molecule has 20 heavy (non-hydrogen) atoms. The van der Waals surface area contributed by atoms with Crippen LogP contribution in [0.1, 0.15) is 12.0 Å². The molecule has 1 amide bonds. The molecule has 2 heterocycles.